The second-order valence-electron chi connectivity index (χ2n) is 2.63. The molecule has 0 unspecified atom stereocenters. The Morgan fingerprint density at radius 1 is 1.46 bits per heavy atom. The van der Waals surface area contributed by atoms with E-state index >= 15 is 0 Å². The summed E-state index contributed by atoms with van der Waals surface area (Å²) < 4.78 is 10.0. The monoisotopic (exact) mass is 181 g/mol. The van der Waals surface area contributed by atoms with Crippen molar-refractivity contribution < 1.29 is 14.4 Å². The average Bonchev–Trinajstić information content (AvgIpc) is 2.89. The Balaban J connectivity index is 2.08. The lowest BCUT2D eigenvalue weighted by molar-refractivity contribution is -0.384. The molecule has 5 nitrogen and oxygen atoms in total. The summed E-state index contributed by atoms with van der Waals surface area (Å²) in [4.78, 5) is 9.84. The summed E-state index contributed by atoms with van der Waals surface area (Å²) in [5.41, 5.74) is 0.0593. The van der Waals surface area contributed by atoms with Gasteiger partial charge in [-0.25, -0.2) is 0 Å². The van der Waals surface area contributed by atoms with Gasteiger partial charge in [-0.3, -0.25) is 10.1 Å². The first-order valence-electron chi connectivity index (χ1n) is 3.78. The second kappa shape index (κ2) is 3.02. The third-order valence-electron chi connectivity index (χ3n) is 1.62. The van der Waals surface area contributed by atoms with E-state index in [1.165, 1.54) is 12.1 Å². The molecule has 5 heteroatoms. The van der Waals surface area contributed by atoms with Crippen molar-refractivity contribution in [2.75, 3.05) is 6.61 Å². The Morgan fingerprint density at radius 3 is 2.54 bits per heavy atom. The lowest BCUT2D eigenvalue weighted by atomic mass is 10.3. The predicted octanol–water partition coefficient (Wildman–Crippen LogP) is 1.33. The summed E-state index contributed by atoms with van der Waals surface area (Å²) in [5.74, 6) is 0.591. The summed E-state index contributed by atoms with van der Waals surface area (Å²) in [6, 6.07) is 5.91. The molecule has 1 aliphatic heterocycles. The van der Waals surface area contributed by atoms with Crippen LogP contribution in [0, 0.1) is 10.1 Å². The lowest BCUT2D eigenvalue weighted by Crippen LogP contribution is -1.97. The number of nitro groups is 1. The van der Waals surface area contributed by atoms with E-state index in [0.29, 0.717) is 12.4 Å². The molecule has 1 aromatic carbocycles. The van der Waals surface area contributed by atoms with E-state index in [2.05, 4.69) is 0 Å². The fraction of sp³-hybridized carbons (Fsp3) is 0.250. The Morgan fingerprint density at radius 2 is 2.08 bits per heavy atom. The van der Waals surface area contributed by atoms with Crippen molar-refractivity contribution in [2.45, 2.75) is 6.29 Å². The summed E-state index contributed by atoms with van der Waals surface area (Å²) in [7, 11) is 0. The number of non-ortho nitro benzene ring substituents is 1. The van der Waals surface area contributed by atoms with Crippen LogP contribution in [0.1, 0.15) is 0 Å². The van der Waals surface area contributed by atoms with E-state index in [4.69, 9.17) is 9.47 Å². The zero-order chi connectivity index (χ0) is 9.26. The lowest BCUT2D eigenvalue weighted by Gasteiger charge is -2.00. The van der Waals surface area contributed by atoms with Gasteiger partial charge in [0.2, 0.25) is 6.29 Å². The summed E-state index contributed by atoms with van der Waals surface area (Å²) in [6.45, 7) is 0.594. The molecule has 0 N–H and O–H groups in total. The maximum absolute atomic E-state index is 10.3. The highest BCUT2D eigenvalue weighted by Gasteiger charge is 2.24. The number of nitro benzene ring substituents is 1. The molecular formula is C8H7NO4. The number of epoxide rings is 1. The first-order chi connectivity index (χ1) is 6.25. The van der Waals surface area contributed by atoms with Crippen LogP contribution < -0.4 is 4.74 Å². The highest BCUT2D eigenvalue weighted by atomic mass is 16.8. The molecule has 1 fully saturated rings. The van der Waals surface area contributed by atoms with Crippen molar-refractivity contribution in [1.82, 2.24) is 0 Å². The first-order valence-corrected chi connectivity index (χ1v) is 3.78. The van der Waals surface area contributed by atoms with Crippen molar-refractivity contribution in [3.63, 3.8) is 0 Å². The molecule has 0 bridgehead atoms. The van der Waals surface area contributed by atoms with E-state index in [-0.39, 0.29) is 12.0 Å². The van der Waals surface area contributed by atoms with Crippen LogP contribution in [0.25, 0.3) is 0 Å². The van der Waals surface area contributed by atoms with Crippen LogP contribution in [0.2, 0.25) is 0 Å². The van der Waals surface area contributed by atoms with Crippen molar-refractivity contribution in [3.05, 3.63) is 34.4 Å². The van der Waals surface area contributed by atoms with E-state index in [1.54, 1.807) is 12.1 Å². The van der Waals surface area contributed by atoms with Crippen LogP contribution in [0.5, 0.6) is 5.75 Å². The number of ether oxygens (including phenoxy) is 2. The van der Waals surface area contributed by atoms with Crippen LogP contribution in [0.15, 0.2) is 24.3 Å². The van der Waals surface area contributed by atoms with Crippen LogP contribution in [-0.2, 0) is 4.74 Å². The zero-order valence-electron chi connectivity index (χ0n) is 6.67. The Bertz CT molecular complexity index is 317. The van der Waals surface area contributed by atoms with Crippen molar-refractivity contribution in [3.8, 4) is 5.75 Å². The fourth-order valence-electron chi connectivity index (χ4n) is 0.906. The first kappa shape index (κ1) is 8.00. The van der Waals surface area contributed by atoms with Gasteiger partial charge in [-0.2, -0.15) is 0 Å². The number of nitrogens with zero attached hydrogens (tertiary/aromatic N) is 1. The van der Waals surface area contributed by atoms with Crippen molar-refractivity contribution >= 4 is 5.69 Å². The van der Waals surface area contributed by atoms with Gasteiger partial charge in [-0.15, -0.1) is 0 Å². The number of rotatable bonds is 3. The van der Waals surface area contributed by atoms with Gasteiger partial charge in [0.1, 0.15) is 12.4 Å². The molecular weight excluding hydrogens is 174 g/mol. The van der Waals surface area contributed by atoms with Crippen molar-refractivity contribution in [1.29, 1.82) is 0 Å². The minimum absolute atomic E-state index is 0.0593. The normalized spacial score (nSPS) is 19.5. The molecule has 2 rings (SSSR count). The minimum Gasteiger partial charge on any atom is -0.462 e. The zero-order valence-corrected chi connectivity index (χ0v) is 6.67. The number of hydrogen-bond donors (Lipinski definition) is 0. The largest absolute Gasteiger partial charge is 0.462 e. The predicted molar refractivity (Wildman–Crippen MR) is 43.5 cm³/mol. The van der Waals surface area contributed by atoms with Crippen LogP contribution in [0.4, 0.5) is 5.69 Å². The Labute approximate surface area is 74.0 Å². The van der Waals surface area contributed by atoms with Gasteiger partial charge in [0.25, 0.3) is 5.69 Å². The van der Waals surface area contributed by atoms with Gasteiger partial charge >= 0.3 is 0 Å². The molecule has 0 saturated carbocycles. The highest BCUT2D eigenvalue weighted by molar-refractivity contribution is 5.36. The van der Waals surface area contributed by atoms with Crippen LogP contribution >= 0.6 is 0 Å². The number of benzene rings is 1. The average molecular weight is 181 g/mol. The third kappa shape index (κ3) is 1.94. The topological polar surface area (TPSA) is 64.9 Å². The van der Waals surface area contributed by atoms with Gasteiger partial charge in [0.05, 0.1) is 4.92 Å². The molecule has 68 valence electrons. The van der Waals surface area contributed by atoms with Gasteiger partial charge in [0.15, 0.2) is 0 Å². The molecule has 0 spiro atoms. The van der Waals surface area contributed by atoms with Gasteiger partial charge in [-0.1, -0.05) is 0 Å². The molecule has 1 aliphatic rings. The highest BCUT2D eigenvalue weighted by Crippen LogP contribution is 2.21. The Hall–Kier alpha value is -1.62. The van der Waals surface area contributed by atoms with E-state index in [0.717, 1.165) is 0 Å². The molecule has 1 aromatic rings. The molecule has 0 radical (unpaired) electrons. The maximum atomic E-state index is 10.3. The molecule has 13 heavy (non-hydrogen) atoms. The number of hydrogen-bond acceptors (Lipinski definition) is 4. The quantitative estimate of drug-likeness (QED) is 0.401. The smallest absolute Gasteiger partial charge is 0.269 e. The summed E-state index contributed by atoms with van der Waals surface area (Å²) in [5, 5.41) is 10.3. The van der Waals surface area contributed by atoms with E-state index in [9.17, 15) is 10.1 Å². The molecule has 1 heterocycles. The standard InChI is InChI=1S/C8H7NO4/c10-9(11)6-1-3-7(4-2-6)13-8-5-12-8/h1-4,8H,5H2/t8-/m0/s1. The van der Waals surface area contributed by atoms with Gasteiger partial charge in [0, 0.05) is 12.1 Å². The molecule has 1 saturated heterocycles. The summed E-state index contributed by atoms with van der Waals surface area (Å²) >= 11 is 0. The van der Waals surface area contributed by atoms with Crippen LogP contribution in [0.3, 0.4) is 0 Å². The second-order valence-corrected chi connectivity index (χ2v) is 2.63. The molecule has 0 amide bonds. The third-order valence-corrected chi connectivity index (χ3v) is 1.62. The van der Waals surface area contributed by atoms with Gasteiger partial charge in [-0.05, 0) is 12.1 Å². The minimum atomic E-state index is -0.447. The van der Waals surface area contributed by atoms with Crippen LogP contribution in [-0.4, -0.2) is 17.8 Å². The molecule has 1 atom stereocenters. The summed E-state index contributed by atoms with van der Waals surface area (Å²) in [6.07, 6.45) is -0.165. The Kier molecular flexibility index (Phi) is 1.86. The van der Waals surface area contributed by atoms with E-state index < -0.39 is 4.92 Å². The fourth-order valence-corrected chi connectivity index (χ4v) is 0.906. The molecule has 0 aliphatic carbocycles. The SMILES string of the molecule is O=[N+]([O-])c1ccc(O[C@H]2CO2)cc1. The van der Waals surface area contributed by atoms with Gasteiger partial charge < -0.3 is 9.47 Å². The molecule has 0 aromatic heterocycles. The maximum Gasteiger partial charge on any atom is 0.269 e. The van der Waals surface area contributed by atoms with E-state index in [1.807, 2.05) is 0 Å². The van der Waals surface area contributed by atoms with Crippen molar-refractivity contribution in [2.24, 2.45) is 0 Å².